The zero-order valence-electron chi connectivity index (χ0n) is 14.6. The van der Waals surface area contributed by atoms with Gasteiger partial charge in [-0.2, -0.15) is 0 Å². The van der Waals surface area contributed by atoms with Gasteiger partial charge in [0.15, 0.2) is 0 Å². The number of carboxylic acids is 1. The van der Waals surface area contributed by atoms with Crippen LogP contribution in [0.15, 0.2) is 48.5 Å². The number of carbonyl (C=O) groups excluding carboxylic acids is 2. The highest BCUT2D eigenvalue weighted by atomic mass is 35.5. The number of hydrogen-bond acceptors (Lipinski definition) is 3. The van der Waals surface area contributed by atoms with E-state index in [1.807, 2.05) is 18.2 Å². The summed E-state index contributed by atoms with van der Waals surface area (Å²) in [6, 6.07) is 12.9. The van der Waals surface area contributed by atoms with Crippen molar-refractivity contribution in [3.63, 3.8) is 0 Å². The monoisotopic (exact) mass is 386 g/mol. The Morgan fingerprint density at radius 1 is 1.15 bits per heavy atom. The standard InChI is InChI=1S/C20H19ClN2O4/c1-11(20(26)27)22-18(24)12-5-7-15(8-6-12)23-19(25)17-10-16(17)13-3-2-4-14(21)9-13/h2-9,11,16-17H,10H2,1H3,(H,22,24)(H,23,25)(H,26,27). The number of carbonyl (C=O) groups is 3. The maximum Gasteiger partial charge on any atom is 0.325 e. The number of amides is 2. The second kappa shape index (κ2) is 7.80. The van der Waals surface area contributed by atoms with Gasteiger partial charge in [-0.3, -0.25) is 14.4 Å². The maximum absolute atomic E-state index is 12.4. The van der Waals surface area contributed by atoms with Crippen molar-refractivity contribution >= 4 is 35.1 Å². The van der Waals surface area contributed by atoms with E-state index in [0.717, 1.165) is 12.0 Å². The summed E-state index contributed by atoms with van der Waals surface area (Å²) < 4.78 is 0. The Hall–Kier alpha value is -2.86. The normalized spacial score (nSPS) is 19.0. The van der Waals surface area contributed by atoms with Gasteiger partial charge >= 0.3 is 5.97 Å². The number of anilines is 1. The van der Waals surface area contributed by atoms with Crippen LogP contribution in [0.1, 0.15) is 35.2 Å². The summed E-state index contributed by atoms with van der Waals surface area (Å²) in [5.41, 5.74) is 1.96. The molecular weight excluding hydrogens is 368 g/mol. The number of hydrogen-bond donors (Lipinski definition) is 3. The van der Waals surface area contributed by atoms with Crippen molar-refractivity contribution in [2.75, 3.05) is 5.32 Å². The van der Waals surface area contributed by atoms with Crippen LogP contribution in [0.2, 0.25) is 5.02 Å². The molecule has 6 nitrogen and oxygen atoms in total. The van der Waals surface area contributed by atoms with Crippen molar-refractivity contribution in [1.29, 1.82) is 0 Å². The minimum Gasteiger partial charge on any atom is -0.480 e. The van der Waals surface area contributed by atoms with Crippen molar-refractivity contribution < 1.29 is 19.5 Å². The minimum atomic E-state index is -1.11. The van der Waals surface area contributed by atoms with Gasteiger partial charge in [0.1, 0.15) is 6.04 Å². The highest BCUT2D eigenvalue weighted by Gasteiger charge is 2.43. The SMILES string of the molecule is CC(NC(=O)c1ccc(NC(=O)C2CC2c2cccc(Cl)c2)cc1)C(=O)O. The first-order valence-corrected chi connectivity index (χ1v) is 8.93. The minimum absolute atomic E-state index is 0.0725. The van der Waals surface area contributed by atoms with Crippen LogP contribution in [0.3, 0.4) is 0 Å². The lowest BCUT2D eigenvalue weighted by Gasteiger charge is -2.10. The molecule has 1 fully saturated rings. The van der Waals surface area contributed by atoms with Crippen LogP contribution >= 0.6 is 11.6 Å². The Balaban J connectivity index is 1.56. The van der Waals surface area contributed by atoms with Crippen molar-refractivity contribution in [2.24, 2.45) is 5.92 Å². The predicted octanol–water partition coefficient (Wildman–Crippen LogP) is 3.29. The molecule has 0 aromatic heterocycles. The van der Waals surface area contributed by atoms with Gasteiger partial charge in [0.05, 0.1) is 0 Å². The lowest BCUT2D eigenvalue weighted by Crippen LogP contribution is -2.38. The van der Waals surface area contributed by atoms with Crippen LogP contribution in [0.25, 0.3) is 0 Å². The topological polar surface area (TPSA) is 95.5 Å². The Morgan fingerprint density at radius 2 is 1.85 bits per heavy atom. The molecule has 1 saturated carbocycles. The van der Waals surface area contributed by atoms with Gasteiger partial charge < -0.3 is 15.7 Å². The Bertz CT molecular complexity index is 882. The summed E-state index contributed by atoms with van der Waals surface area (Å²) in [5.74, 6) is -1.58. The van der Waals surface area contributed by atoms with Crippen molar-refractivity contribution in [1.82, 2.24) is 5.32 Å². The molecule has 3 atom stereocenters. The van der Waals surface area contributed by atoms with E-state index in [0.29, 0.717) is 16.3 Å². The predicted molar refractivity (Wildman–Crippen MR) is 102 cm³/mol. The molecular formula is C20H19ClN2O4. The molecule has 0 bridgehead atoms. The number of aliphatic carboxylic acids is 1. The second-order valence-electron chi connectivity index (χ2n) is 6.60. The summed E-state index contributed by atoms with van der Waals surface area (Å²) in [6.07, 6.45) is 0.778. The van der Waals surface area contributed by atoms with E-state index >= 15 is 0 Å². The van der Waals surface area contributed by atoms with Crippen LogP contribution in [0.4, 0.5) is 5.69 Å². The second-order valence-corrected chi connectivity index (χ2v) is 7.04. The Labute approximate surface area is 161 Å². The number of benzene rings is 2. The molecule has 1 aliphatic carbocycles. The first-order valence-electron chi connectivity index (χ1n) is 8.55. The molecule has 3 unspecified atom stereocenters. The van der Waals surface area contributed by atoms with Gasteiger partial charge in [-0.1, -0.05) is 23.7 Å². The first kappa shape index (κ1) is 18.9. The van der Waals surface area contributed by atoms with Crippen molar-refractivity contribution in [2.45, 2.75) is 25.3 Å². The van der Waals surface area contributed by atoms with E-state index in [-0.39, 0.29) is 17.7 Å². The zero-order valence-corrected chi connectivity index (χ0v) is 15.4. The lowest BCUT2D eigenvalue weighted by molar-refractivity contribution is -0.138. The van der Waals surface area contributed by atoms with E-state index in [1.165, 1.54) is 6.92 Å². The van der Waals surface area contributed by atoms with Crippen LogP contribution in [-0.2, 0) is 9.59 Å². The van der Waals surface area contributed by atoms with Gasteiger partial charge in [-0.25, -0.2) is 0 Å². The smallest absolute Gasteiger partial charge is 0.325 e. The highest BCUT2D eigenvalue weighted by Crippen LogP contribution is 2.48. The maximum atomic E-state index is 12.4. The molecule has 1 aliphatic rings. The highest BCUT2D eigenvalue weighted by molar-refractivity contribution is 6.30. The summed E-state index contributed by atoms with van der Waals surface area (Å²) in [6.45, 7) is 1.39. The Morgan fingerprint density at radius 3 is 2.48 bits per heavy atom. The van der Waals surface area contributed by atoms with Gasteiger partial charge in [0, 0.05) is 22.2 Å². The molecule has 2 amide bonds. The van der Waals surface area contributed by atoms with E-state index < -0.39 is 17.9 Å². The van der Waals surface area contributed by atoms with Gasteiger partial charge in [0.25, 0.3) is 5.91 Å². The fraction of sp³-hybridized carbons (Fsp3) is 0.250. The Kier molecular flexibility index (Phi) is 5.46. The fourth-order valence-corrected chi connectivity index (χ4v) is 3.07. The third kappa shape index (κ3) is 4.65. The molecule has 0 aliphatic heterocycles. The molecule has 7 heteroatoms. The summed E-state index contributed by atoms with van der Waals surface area (Å²) in [4.78, 5) is 35.1. The summed E-state index contributed by atoms with van der Waals surface area (Å²) in [7, 11) is 0. The van der Waals surface area contributed by atoms with Gasteiger partial charge in [-0.15, -0.1) is 0 Å². The molecule has 0 saturated heterocycles. The molecule has 0 heterocycles. The lowest BCUT2D eigenvalue weighted by atomic mass is 10.1. The van der Waals surface area contributed by atoms with Crippen LogP contribution < -0.4 is 10.6 Å². The van der Waals surface area contributed by atoms with Gasteiger partial charge in [0.2, 0.25) is 5.91 Å². The van der Waals surface area contributed by atoms with E-state index in [2.05, 4.69) is 10.6 Å². The number of carboxylic acid groups (broad SMARTS) is 1. The fourth-order valence-electron chi connectivity index (χ4n) is 2.87. The molecule has 140 valence electrons. The van der Waals surface area contributed by atoms with Crippen molar-refractivity contribution in [3.8, 4) is 0 Å². The summed E-state index contributed by atoms with van der Waals surface area (Å²) >= 11 is 6.00. The average Bonchev–Trinajstić information content (AvgIpc) is 3.43. The summed E-state index contributed by atoms with van der Waals surface area (Å²) in [5, 5.41) is 14.7. The average molecular weight is 387 g/mol. The number of rotatable bonds is 6. The molecule has 3 rings (SSSR count). The molecule has 2 aromatic rings. The van der Waals surface area contributed by atoms with Crippen LogP contribution in [0.5, 0.6) is 0 Å². The number of nitrogens with one attached hydrogen (secondary N) is 2. The molecule has 27 heavy (non-hydrogen) atoms. The van der Waals surface area contributed by atoms with E-state index in [4.69, 9.17) is 16.7 Å². The number of halogens is 1. The quantitative estimate of drug-likeness (QED) is 0.709. The molecule has 2 aromatic carbocycles. The van der Waals surface area contributed by atoms with Crippen LogP contribution in [-0.4, -0.2) is 28.9 Å². The van der Waals surface area contributed by atoms with Gasteiger partial charge in [-0.05, 0) is 61.2 Å². The largest absolute Gasteiger partial charge is 0.480 e. The zero-order chi connectivity index (χ0) is 19.6. The van der Waals surface area contributed by atoms with Crippen LogP contribution in [0, 0.1) is 5.92 Å². The molecule has 0 spiro atoms. The third-order valence-electron chi connectivity index (χ3n) is 4.54. The molecule has 3 N–H and O–H groups in total. The van der Waals surface area contributed by atoms with E-state index in [9.17, 15) is 14.4 Å². The first-order chi connectivity index (χ1) is 12.8. The van der Waals surface area contributed by atoms with Crippen molar-refractivity contribution in [3.05, 3.63) is 64.7 Å². The third-order valence-corrected chi connectivity index (χ3v) is 4.77. The molecule has 0 radical (unpaired) electrons. The van der Waals surface area contributed by atoms with E-state index in [1.54, 1.807) is 30.3 Å².